The molecule has 0 radical (unpaired) electrons. The Bertz CT molecular complexity index is 358. The van der Waals surface area contributed by atoms with Crippen LogP contribution in [0.1, 0.15) is 18.9 Å². The molecule has 0 aliphatic heterocycles. The highest BCUT2D eigenvalue weighted by atomic mass is 16.5. The van der Waals surface area contributed by atoms with Gasteiger partial charge in [-0.3, -0.25) is 4.79 Å². The summed E-state index contributed by atoms with van der Waals surface area (Å²) < 4.78 is 5.52. The number of benzene rings is 1. The fourth-order valence-corrected chi connectivity index (χ4v) is 1.13. The molecule has 3 nitrogen and oxygen atoms in total. The van der Waals surface area contributed by atoms with Gasteiger partial charge in [-0.1, -0.05) is 25.1 Å². The van der Waals surface area contributed by atoms with Gasteiger partial charge in [-0.25, -0.2) is 0 Å². The number of ether oxygens (including phenoxy) is 1. The molecule has 0 saturated heterocycles. The van der Waals surface area contributed by atoms with Gasteiger partial charge in [-0.15, -0.1) is 0 Å². The molecule has 80 valence electrons. The first-order valence-electron chi connectivity index (χ1n) is 4.93. The average molecular weight is 205 g/mol. The van der Waals surface area contributed by atoms with E-state index >= 15 is 0 Å². The SMILES string of the molecule is CCCOc1ccccc1/C=C\C(N)=O. The Morgan fingerprint density at radius 2 is 2.20 bits per heavy atom. The molecule has 0 aromatic heterocycles. The number of amides is 1. The summed E-state index contributed by atoms with van der Waals surface area (Å²) in [7, 11) is 0. The molecule has 0 aliphatic carbocycles. The van der Waals surface area contributed by atoms with Crippen LogP contribution in [0.2, 0.25) is 0 Å². The van der Waals surface area contributed by atoms with Crippen LogP contribution in [0.3, 0.4) is 0 Å². The Morgan fingerprint density at radius 1 is 1.47 bits per heavy atom. The van der Waals surface area contributed by atoms with Crippen molar-refractivity contribution in [3.63, 3.8) is 0 Å². The minimum Gasteiger partial charge on any atom is -0.493 e. The van der Waals surface area contributed by atoms with Crippen molar-refractivity contribution in [3.8, 4) is 5.75 Å². The fraction of sp³-hybridized carbons (Fsp3) is 0.250. The van der Waals surface area contributed by atoms with E-state index in [0.29, 0.717) is 6.61 Å². The normalized spacial score (nSPS) is 10.5. The number of hydrogen-bond donors (Lipinski definition) is 1. The molecule has 0 aliphatic rings. The lowest BCUT2D eigenvalue weighted by Gasteiger charge is -2.07. The molecular weight excluding hydrogens is 190 g/mol. The maximum Gasteiger partial charge on any atom is 0.241 e. The predicted molar refractivity (Wildman–Crippen MR) is 60.5 cm³/mol. The lowest BCUT2D eigenvalue weighted by Crippen LogP contribution is -2.05. The highest BCUT2D eigenvalue weighted by molar-refractivity contribution is 5.90. The number of rotatable bonds is 5. The molecule has 0 atom stereocenters. The van der Waals surface area contributed by atoms with Gasteiger partial charge in [0.15, 0.2) is 0 Å². The van der Waals surface area contributed by atoms with Crippen molar-refractivity contribution in [1.82, 2.24) is 0 Å². The van der Waals surface area contributed by atoms with Crippen molar-refractivity contribution in [2.75, 3.05) is 6.61 Å². The highest BCUT2D eigenvalue weighted by Gasteiger charge is 1.98. The first-order valence-corrected chi connectivity index (χ1v) is 4.93. The molecule has 15 heavy (non-hydrogen) atoms. The van der Waals surface area contributed by atoms with Crippen molar-refractivity contribution >= 4 is 12.0 Å². The predicted octanol–water partition coefficient (Wildman–Crippen LogP) is 1.97. The van der Waals surface area contributed by atoms with Gasteiger partial charge in [0.05, 0.1) is 6.61 Å². The van der Waals surface area contributed by atoms with Crippen LogP contribution < -0.4 is 10.5 Å². The van der Waals surface area contributed by atoms with Crippen LogP contribution in [0.15, 0.2) is 30.3 Å². The molecule has 1 rings (SSSR count). The number of hydrogen-bond acceptors (Lipinski definition) is 2. The van der Waals surface area contributed by atoms with E-state index in [9.17, 15) is 4.79 Å². The third-order valence-corrected chi connectivity index (χ3v) is 1.81. The summed E-state index contributed by atoms with van der Waals surface area (Å²) in [5, 5.41) is 0. The molecule has 0 fully saturated rings. The van der Waals surface area contributed by atoms with E-state index in [0.717, 1.165) is 17.7 Å². The molecule has 3 heteroatoms. The maximum absolute atomic E-state index is 10.6. The lowest BCUT2D eigenvalue weighted by atomic mass is 10.2. The molecular formula is C12H15NO2. The zero-order chi connectivity index (χ0) is 11.1. The summed E-state index contributed by atoms with van der Waals surface area (Å²) in [5.74, 6) is 0.317. The highest BCUT2D eigenvalue weighted by Crippen LogP contribution is 2.19. The van der Waals surface area contributed by atoms with Gasteiger partial charge < -0.3 is 10.5 Å². The summed E-state index contributed by atoms with van der Waals surface area (Å²) in [6, 6.07) is 7.53. The number of nitrogens with two attached hydrogens (primary N) is 1. The van der Waals surface area contributed by atoms with E-state index in [2.05, 4.69) is 0 Å². The van der Waals surface area contributed by atoms with Gasteiger partial charge in [0.25, 0.3) is 0 Å². The van der Waals surface area contributed by atoms with E-state index in [-0.39, 0.29) is 0 Å². The van der Waals surface area contributed by atoms with Gasteiger partial charge in [0.1, 0.15) is 5.75 Å². The zero-order valence-corrected chi connectivity index (χ0v) is 8.77. The minimum absolute atomic E-state index is 0.458. The van der Waals surface area contributed by atoms with Crippen LogP contribution in [-0.2, 0) is 4.79 Å². The summed E-state index contributed by atoms with van der Waals surface area (Å²) >= 11 is 0. The van der Waals surface area contributed by atoms with Gasteiger partial charge in [0, 0.05) is 11.6 Å². The molecule has 1 aromatic rings. The van der Waals surface area contributed by atoms with Crippen molar-refractivity contribution in [2.45, 2.75) is 13.3 Å². The van der Waals surface area contributed by atoms with Gasteiger partial charge in [-0.05, 0) is 18.6 Å². The Balaban J connectivity index is 2.81. The molecule has 1 aromatic carbocycles. The van der Waals surface area contributed by atoms with Crippen LogP contribution in [-0.4, -0.2) is 12.5 Å². The zero-order valence-electron chi connectivity index (χ0n) is 8.77. The van der Waals surface area contributed by atoms with Crippen molar-refractivity contribution < 1.29 is 9.53 Å². The fourth-order valence-electron chi connectivity index (χ4n) is 1.13. The van der Waals surface area contributed by atoms with E-state index in [1.807, 2.05) is 31.2 Å². The third-order valence-electron chi connectivity index (χ3n) is 1.81. The number of para-hydroxylation sites is 1. The van der Waals surface area contributed by atoms with E-state index in [1.165, 1.54) is 6.08 Å². The lowest BCUT2D eigenvalue weighted by molar-refractivity contribution is -0.113. The van der Waals surface area contributed by atoms with Gasteiger partial charge >= 0.3 is 0 Å². The average Bonchev–Trinajstić information content (AvgIpc) is 2.24. The standard InChI is InChI=1S/C12H15NO2/c1-2-9-15-11-6-4-3-5-10(11)7-8-12(13)14/h3-8H,2,9H2,1H3,(H2,13,14)/b8-7-. The Kier molecular flexibility index (Phi) is 4.41. The number of carbonyl (C=O) groups is 1. The second kappa shape index (κ2) is 5.86. The smallest absolute Gasteiger partial charge is 0.241 e. The van der Waals surface area contributed by atoms with E-state index in [1.54, 1.807) is 6.08 Å². The monoisotopic (exact) mass is 205 g/mol. The molecule has 0 saturated carbocycles. The van der Waals surface area contributed by atoms with Crippen molar-refractivity contribution in [2.24, 2.45) is 5.73 Å². The maximum atomic E-state index is 10.6. The largest absolute Gasteiger partial charge is 0.493 e. The Morgan fingerprint density at radius 3 is 2.87 bits per heavy atom. The van der Waals surface area contributed by atoms with Crippen LogP contribution >= 0.6 is 0 Å². The van der Waals surface area contributed by atoms with Crippen LogP contribution in [0, 0.1) is 0 Å². The van der Waals surface area contributed by atoms with Crippen molar-refractivity contribution in [1.29, 1.82) is 0 Å². The molecule has 0 spiro atoms. The van der Waals surface area contributed by atoms with Crippen LogP contribution in [0.25, 0.3) is 6.08 Å². The summed E-state index contributed by atoms with van der Waals surface area (Å²) in [4.78, 5) is 10.6. The van der Waals surface area contributed by atoms with E-state index < -0.39 is 5.91 Å². The quantitative estimate of drug-likeness (QED) is 0.747. The molecule has 2 N–H and O–H groups in total. The van der Waals surface area contributed by atoms with Crippen LogP contribution in [0.4, 0.5) is 0 Å². The van der Waals surface area contributed by atoms with Gasteiger partial charge in [-0.2, -0.15) is 0 Å². The second-order valence-corrected chi connectivity index (χ2v) is 3.12. The first-order chi connectivity index (χ1) is 7.24. The number of primary amides is 1. The molecule has 0 unspecified atom stereocenters. The summed E-state index contributed by atoms with van der Waals surface area (Å²) in [6.07, 6.45) is 3.94. The minimum atomic E-state index is -0.458. The topological polar surface area (TPSA) is 52.3 Å². The molecule has 1 amide bonds. The first kappa shape index (κ1) is 11.3. The molecule has 0 heterocycles. The van der Waals surface area contributed by atoms with Gasteiger partial charge in [0.2, 0.25) is 5.91 Å². The Hall–Kier alpha value is -1.77. The van der Waals surface area contributed by atoms with E-state index in [4.69, 9.17) is 10.5 Å². The van der Waals surface area contributed by atoms with Crippen molar-refractivity contribution in [3.05, 3.63) is 35.9 Å². The molecule has 0 bridgehead atoms. The van der Waals surface area contributed by atoms with Crippen LogP contribution in [0.5, 0.6) is 5.75 Å². The number of carbonyl (C=O) groups excluding carboxylic acids is 1. The summed E-state index contributed by atoms with van der Waals surface area (Å²) in [6.45, 7) is 2.71. The Labute approximate surface area is 89.5 Å². The summed E-state index contributed by atoms with van der Waals surface area (Å²) in [5.41, 5.74) is 5.89. The second-order valence-electron chi connectivity index (χ2n) is 3.12. The third kappa shape index (κ3) is 3.85.